The van der Waals surface area contributed by atoms with Gasteiger partial charge in [-0.15, -0.1) is 6.58 Å². The molecule has 76 valence electrons. The summed E-state index contributed by atoms with van der Waals surface area (Å²) < 4.78 is 0. The molecule has 0 aromatic rings. The molecule has 0 aromatic heterocycles. The van der Waals surface area contributed by atoms with Crippen molar-refractivity contribution in [3.63, 3.8) is 0 Å². The molecule has 0 bridgehead atoms. The third-order valence-electron chi connectivity index (χ3n) is 1.58. The van der Waals surface area contributed by atoms with Crippen molar-refractivity contribution in [2.24, 2.45) is 0 Å². The quantitative estimate of drug-likeness (QED) is 0.505. The first kappa shape index (κ1) is 12.1. The zero-order valence-electron chi connectivity index (χ0n) is 7.92. The van der Waals surface area contributed by atoms with Crippen LogP contribution in [0.3, 0.4) is 0 Å². The highest BCUT2D eigenvalue weighted by Crippen LogP contribution is 1.99. The van der Waals surface area contributed by atoms with Crippen LogP contribution in [0.25, 0.3) is 0 Å². The standard InChI is InChI=1S/C9H17NO3/c1-3-4-5-8(12)10-6-9(2,13)7-11/h3,11,13H,1,4-7H2,2H3,(H,10,12). The molecule has 0 saturated heterocycles. The summed E-state index contributed by atoms with van der Waals surface area (Å²) in [6.07, 6.45) is 2.64. The summed E-state index contributed by atoms with van der Waals surface area (Å²) in [5, 5.41) is 20.5. The van der Waals surface area contributed by atoms with E-state index in [4.69, 9.17) is 5.11 Å². The van der Waals surface area contributed by atoms with Crippen molar-refractivity contribution in [3.05, 3.63) is 12.7 Å². The van der Waals surface area contributed by atoms with Crippen molar-refractivity contribution in [2.75, 3.05) is 13.2 Å². The van der Waals surface area contributed by atoms with Crippen LogP contribution in [0.2, 0.25) is 0 Å². The minimum Gasteiger partial charge on any atom is -0.393 e. The SMILES string of the molecule is C=CCCC(=O)NCC(C)(O)CO. The maximum Gasteiger partial charge on any atom is 0.220 e. The van der Waals surface area contributed by atoms with Crippen LogP contribution in [0.4, 0.5) is 0 Å². The lowest BCUT2D eigenvalue weighted by molar-refractivity contribution is -0.122. The Kier molecular flexibility index (Phi) is 5.34. The number of amides is 1. The molecule has 0 radical (unpaired) electrons. The van der Waals surface area contributed by atoms with Gasteiger partial charge < -0.3 is 15.5 Å². The Morgan fingerprint density at radius 3 is 2.77 bits per heavy atom. The summed E-state index contributed by atoms with van der Waals surface area (Å²) in [4.78, 5) is 11.0. The maximum absolute atomic E-state index is 11.0. The highest BCUT2D eigenvalue weighted by Gasteiger charge is 2.19. The van der Waals surface area contributed by atoms with Gasteiger partial charge in [0.25, 0.3) is 0 Å². The third-order valence-corrected chi connectivity index (χ3v) is 1.58. The smallest absolute Gasteiger partial charge is 0.220 e. The summed E-state index contributed by atoms with van der Waals surface area (Å²) in [7, 11) is 0. The van der Waals surface area contributed by atoms with Gasteiger partial charge in [0.05, 0.1) is 6.61 Å². The molecule has 0 saturated carbocycles. The molecule has 13 heavy (non-hydrogen) atoms. The van der Waals surface area contributed by atoms with Crippen molar-refractivity contribution in [1.82, 2.24) is 5.32 Å². The van der Waals surface area contributed by atoms with E-state index >= 15 is 0 Å². The molecular weight excluding hydrogens is 170 g/mol. The Morgan fingerprint density at radius 2 is 2.31 bits per heavy atom. The van der Waals surface area contributed by atoms with E-state index < -0.39 is 5.60 Å². The van der Waals surface area contributed by atoms with Gasteiger partial charge in [-0.3, -0.25) is 4.79 Å². The number of aliphatic hydroxyl groups excluding tert-OH is 1. The minimum atomic E-state index is -1.23. The molecule has 4 nitrogen and oxygen atoms in total. The van der Waals surface area contributed by atoms with Crippen molar-refractivity contribution < 1.29 is 15.0 Å². The fourth-order valence-corrected chi connectivity index (χ4v) is 0.666. The molecule has 0 rings (SSSR count). The first-order valence-electron chi connectivity index (χ1n) is 4.22. The van der Waals surface area contributed by atoms with E-state index in [1.54, 1.807) is 6.08 Å². The first-order valence-corrected chi connectivity index (χ1v) is 4.22. The van der Waals surface area contributed by atoms with Gasteiger partial charge >= 0.3 is 0 Å². The monoisotopic (exact) mass is 187 g/mol. The highest BCUT2D eigenvalue weighted by molar-refractivity contribution is 5.76. The molecule has 4 heteroatoms. The minimum absolute atomic E-state index is 0.0689. The number of hydrogen-bond donors (Lipinski definition) is 3. The van der Waals surface area contributed by atoms with Crippen LogP contribution in [0.5, 0.6) is 0 Å². The zero-order valence-corrected chi connectivity index (χ0v) is 7.92. The zero-order chi connectivity index (χ0) is 10.3. The molecule has 0 aromatic carbocycles. The summed E-state index contributed by atoms with van der Waals surface area (Å²) in [5.74, 6) is -0.145. The van der Waals surface area contributed by atoms with Gasteiger partial charge in [-0.05, 0) is 13.3 Å². The molecule has 3 N–H and O–H groups in total. The number of aliphatic hydroxyl groups is 2. The number of allylic oxidation sites excluding steroid dienone is 1. The molecule has 0 spiro atoms. The lowest BCUT2D eigenvalue weighted by Crippen LogP contribution is -2.43. The number of nitrogens with one attached hydrogen (secondary N) is 1. The van der Waals surface area contributed by atoms with Gasteiger partial charge in [0, 0.05) is 13.0 Å². The van der Waals surface area contributed by atoms with E-state index in [1.165, 1.54) is 6.92 Å². The van der Waals surface area contributed by atoms with Crippen LogP contribution in [-0.2, 0) is 4.79 Å². The Bertz CT molecular complexity index is 178. The van der Waals surface area contributed by atoms with Crippen LogP contribution in [0.15, 0.2) is 12.7 Å². The van der Waals surface area contributed by atoms with Crippen LogP contribution < -0.4 is 5.32 Å². The lowest BCUT2D eigenvalue weighted by Gasteiger charge is -2.20. The molecule has 1 atom stereocenters. The van der Waals surface area contributed by atoms with Crippen LogP contribution in [-0.4, -0.2) is 34.9 Å². The fourth-order valence-electron chi connectivity index (χ4n) is 0.666. The average Bonchev–Trinajstić information content (AvgIpc) is 2.11. The van der Waals surface area contributed by atoms with Gasteiger partial charge in [-0.1, -0.05) is 6.08 Å². The average molecular weight is 187 g/mol. The van der Waals surface area contributed by atoms with E-state index in [1.807, 2.05) is 0 Å². The van der Waals surface area contributed by atoms with Crippen molar-refractivity contribution in [3.8, 4) is 0 Å². The number of carbonyl (C=O) groups excluding carboxylic acids is 1. The van der Waals surface area contributed by atoms with Crippen molar-refractivity contribution in [2.45, 2.75) is 25.4 Å². The number of carbonyl (C=O) groups is 1. The van der Waals surface area contributed by atoms with Gasteiger partial charge in [0.2, 0.25) is 5.91 Å². The van der Waals surface area contributed by atoms with Crippen molar-refractivity contribution >= 4 is 5.91 Å². The third kappa shape index (κ3) is 6.31. The fraction of sp³-hybridized carbons (Fsp3) is 0.667. The summed E-state index contributed by atoms with van der Waals surface area (Å²) >= 11 is 0. The number of hydrogen-bond acceptors (Lipinski definition) is 3. The molecule has 0 fully saturated rings. The Balaban J connectivity index is 3.63. The van der Waals surface area contributed by atoms with E-state index in [0.717, 1.165) is 0 Å². The van der Waals surface area contributed by atoms with E-state index in [-0.39, 0.29) is 19.1 Å². The highest BCUT2D eigenvalue weighted by atomic mass is 16.3. The maximum atomic E-state index is 11.0. The molecule has 0 aliphatic rings. The van der Waals surface area contributed by atoms with E-state index in [0.29, 0.717) is 12.8 Å². The van der Waals surface area contributed by atoms with Gasteiger partial charge in [0.15, 0.2) is 0 Å². The van der Waals surface area contributed by atoms with E-state index in [2.05, 4.69) is 11.9 Å². The van der Waals surface area contributed by atoms with E-state index in [9.17, 15) is 9.90 Å². The van der Waals surface area contributed by atoms with Gasteiger partial charge in [-0.2, -0.15) is 0 Å². The first-order chi connectivity index (χ1) is 6.02. The second-order valence-corrected chi connectivity index (χ2v) is 3.26. The summed E-state index contributed by atoms with van der Waals surface area (Å²) in [6, 6.07) is 0. The molecule has 1 amide bonds. The molecule has 0 aliphatic heterocycles. The van der Waals surface area contributed by atoms with Crippen LogP contribution in [0, 0.1) is 0 Å². The number of rotatable bonds is 6. The normalized spacial score (nSPS) is 14.7. The lowest BCUT2D eigenvalue weighted by atomic mass is 10.1. The largest absolute Gasteiger partial charge is 0.393 e. The van der Waals surface area contributed by atoms with Crippen LogP contribution in [0.1, 0.15) is 19.8 Å². The van der Waals surface area contributed by atoms with Gasteiger partial charge in [-0.25, -0.2) is 0 Å². The molecule has 0 aliphatic carbocycles. The van der Waals surface area contributed by atoms with Gasteiger partial charge in [0.1, 0.15) is 5.60 Å². The molecular formula is C9H17NO3. The van der Waals surface area contributed by atoms with Crippen molar-refractivity contribution in [1.29, 1.82) is 0 Å². The predicted octanol–water partition coefficient (Wildman–Crippen LogP) is -0.188. The second-order valence-electron chi connectivity index (χ2n) is 3.26. The molecule has 0 heterocycles. The Labute approximate surface area is 78.3 Å². The topological polar surface area (TPSA) is 69.6 Å². The Morgan fingerprint density at radius 1 is 1.69 bits per heavy atom. The summed E-state index contributed by atoms with van der Waals surface area (Å²) in [5.41, 5.74) is -1.23. The Hall–Kier alpha value is -0.870. The van der Waals surface area contributed by atoms with Crippen LogP contribution >= 0.6 is 0 Å². The summed E-state index contributed by atoms with van der Waals surface area (Å²) in [6.45, 7) is 4.65. The second kappa shape index (κ2) is 5.72. The molecule has 1 unspecified atom stereocenters. The predicted molar refractivity (Wildman–Crippen MR) is 50.2 cm³/mol.